The lowest BCUT2D eigenvalue weighted by Gasteiger charge is -2.07. The minimum absolute atomic E-state index is 0.0867. The lowest BCUT2D eigenvalue weighted by molar-refractivity contribution is 0.0951. The van der Waals surface area contributed by atoms with Gasteiger partial charge < -0.3 is 5.32 Å². The number of carbonyl (C=O) groups excluding carboxylic acids is 1. The van der Waals surface area contributed by atoms with Gasteiger partial charge in [-0.3, -0.25) is 9.48 Å². The van der Waals surface area contributed by atoms with Crippen molar-refractivity contribution in [3.05, 3.63) is 113 Å². The van der Waals surface area contributed by atoms with Crippen molar-refractivity contribution in [2.24, 2.45) is 0 Å². The van der Waals surface area contributed by atoms with Crippen LogP contribution in [-0.4, -0.2) is 31.2 Å². The van der Waals surface area contributed by atoms with Gasteiger partial charge in [0.1, 0.15) is 5.69 Å². The lowest BCUT2D eigenvalue weighted by atomic mass is 10.1. The SMILES string of the molecule is CNS(=O)(=O)Cc1ccc(CNC(=O)c2cn(Cc3ccccc3)nc2-c2ccc(C)cc2)cc1. The molecule has 0 saturated heterocycles. The van der Waals surface area contributed by atoms with Gasteiger partial charge in [-0.1, -0.05) is 84.4 Å². The molecule has 0 bridgehead atoms. The van der Waals surface area contributed by atoms with E-state index in [1.54, 1.807) is 23.0 Å². The van der Waals surface area contributed by atoms with Crippen molar-refractivity contribution in [1.82, 2.24) is 19.8 Å². The monoisotopic (exact) mass is 488 g/mol. The first-order valence-corrected chi connectivity index (χ1v) is 12.9. The summed E-state index contributed by atoms with van der Waals surface area (Å²) >= 11 is 0. The van der Waals surface area contributed by atoms with E-state index in [0.717, 1.165) is 22.3 Å². The molecule has 4 aromatic rings. The number of sulfonamides is 1. The third-order valence-electron chi connectivity index (χ3n) is 5.66. The summed E-state index contributed by atoms with van der Waals surface area (Å²) in [7, 11) is -1.94. The van der Waals surface area contributed by atoms with Gasteiger partial charge in [-0.15, -0.1) is 0 Å². The predicted molar refractivity (Wildman–Crippen MR) is 137 cm³/mol. The van der Waals surface area contributed by atoms with Crippen LogP contribution in [0.25, 0.3) is 11.3 Å². The summed E-state index contributed by atoms with van der Waals surface area (Å²) in [6.07, 6.45) is 1.78. The van der Waals surface area contributed by atoms with Crippen molar-refractivity contribution in [1.29, 1.82) is 0 Å². The van der Waals surface area contributed by atoms with Crippen LogP contribution in [0.3, 0.4) is 0 Å². The minimum atomic E-state index is -3.33. The van der Waals surface area contributed by atoms with Gasteiger partial charge in [-0.05, 0) is 30.7 Å². The number of aryl methyl sites for hydroxylation is 1. The Morgan fingerprint density at radius 1 is 0.886 bits per heavy atom. The van der Waals surface area contributed by atoms with Gasteiger partial charge >= 0.3 is 0 Å². The number of nitrogens with zero attached hydrogens (tertiary/aromatic N) is 2. The van der Waals surface area contributed by atoms with E-state index in [0.29, 0.717) is 29.9 Å². The van der Waals surface area contributed by atoms with Crippen LogP contribution < -0.4 is 10.0 Å². The van der Waals surface area contributed by atoms with Gasteiger partial charge in [-0.2, -0.15) is 5.10 Å². The third kappa shape index (κ3) is 6.44. The maximum atomic E-state index is 13.2. The van der Waals surface area contributed by atoms with Crippen molar-refractivity contribution in [3.8, 4) is 11.3 Å². The van der Waals surface area contributed by atoms with Crippen LogP contribution in [0.15, 0.2) is 85.1 Å². The average molecular weight is 489 g/mol. The van der Waals surface area contributed by atoms with Gasteiger partial charge in [-0.25, -0.2) is 13.1 Å². The molecule has 0 fully saturated rings. The highest BCUT2D eigenvalue weighted by atomic mass is 32.2. The van der Waals surface area contributed by atoms with Gasteiger partial charge in [0.05, 0.1) is 17.9 Å². The number of aromatic nitrogens is 2. The van der Waals surface area contributed by atoms with Gasteiger partial charge in [0.25, 0.3) is 5.91 Å². The van der Waals surface area contributed by atoms with Crippen molar-refractivity contribution in [2.45, 2.75) is 25.8 Å². The van der Waals surface area contributed by atoms with Crippen molar-refractivity contribution < 1.29 is 13.2 Å². The van der Waals surface area contributed by atoms with Crippen LogP contribution in [0.1, 0.15) is 32.6 Å². The van der Waals surface area contributed by atoms with Crippen molar-refractivity contribution in [2.75, 3.05) is 7.05 Å². The topological polar surface area (TPSA) is 93.1 Å². The Morgan fingerprint density at radius 2 is 1.54 bits per heavy atom. The van der Waals surface area contributed by atoms with E-state index in [1.165, 1.54) is 7.05 Å². The molecule has 2 N–H and O–H groups in total. The normalized spacial score (nSPS) is 11.4. The largest absolute Gasteiger partial charge is 0.348 e. The molecule has 3 aromatic carbocycles. The van der Waals surface area contributed by atoms with Crippen LogP contribution in [0.5, 0.6) is 0 Å². The van der Waals surface area contributed by atoms with E-state index in [4.69, 9.17) is 5.10 Å². The maximum absolute atomic E-state index is 13.2. The van der Waals surface area contributed by atoms with Crippen LogP contribution in [0.2, 0.25) is 0 Å². The van der Waals surface area contributed by atoms with E-state index in [-0.39, 0.29) is 11.7 Å². The highest BCUT2D eigenvalue weighted by molar-refractivity contribution is 7.88. The zero-order valence-electron chi connectivity index (χ0n) is 19.7. The Bertz CT molecular complexity index is 1400. The highest BCUT2D eigenvalue weighted by Gasteiger charge is 2.18. The molecule has 1 amide bonds. The highest BCUT2D eigenvalue weighted by Crippen LogP contribution is 2.23. The first-order valence-electron chi connectivity index (χ1n) is 11.3. The first kappa shape index (κ1) is 24.4. The fraction of sp³-hybridized carbons (Fsp3) is 0.185. The molecule has 0 radical (unpaired) electrons. The summed E-state index contributed by atoms with van der Waals surface area (Å²) in [5.41, 5.74) is 5.79. The molecule has 0 aliphatic heterocycles. The van der Waals surface area contributed by atoms with Crippen LogP contribution in [-0.2, 0) is 28.9 Å². The summed E-state index contributed by atoms with van der Waals surface area (Å²) in [6, 6.07) is 25.1. The van der Waals surface area contributed by atoms with Crippen molar-refractivity contribution >= 4 is 15.9 Å². The summed E-state index contributed by atoms with van der Waals surface area (Å²) in [4.78, 5) is 13.2. The second kappa shape index (κ2) is 10.7. The number of hydrogen-bond acceptors (Lipinski definition) is 4. The Labute approximate surface area is 205 Å². The van der Waals surface area contributed by atoms with Gasteiger partial charge in [0.15, 0.2) is 0 Å². The molecule has 8 heteroatoms. The number of carbonyl (C=O) groups is 1. The molecule has 7 nitrogen and oxygen atoms in total. The van der Waals surface area contributed by atoms with E-state index in [9.17, 15) is 13.2 Å². The lowest BCUT2D eigenvalue weighted by Crippen LogP contribution is -2.23. The summed E-state index contributed by atoms with van der Waals surface area (Å²) in [5, 5.41) is 7.70. The molecule has 0 spiro atoms. The Morgan fingerprint density at radius 3 is 2.20 bits per heavy atom. The number of benzene rings is 3. The molecular formula is C27H28N4O3S. The van der Waals surface area contributed by atoms with Crippen LogP contribution >= 0.6 is 0 Å². The molecular weight excluding hydrogens is 460 g/mol. The fourth-order valence-electron chi connectivity index (χ4n) is 3.69. The van der Waals surface area contributed by atoms with E-state index in [2.05, 4.69) is 10.0 Å². The molecule has 0 aliphatic carbocycles. The predicted octanol–water partition coefficient (Wildman–Crippen LogP) is 3.89. The van der Waals surface area contributed by atoms with Gasteiger partial charge in [0.2, 0.25) is 10.0 Å². The molecule has 180 valence electrons. The van der Waals surface area contributed by atoms with Crippen LogP contribution in [0, 0.1) is 6.92 Å². The summed E-state index contributed by atoms with van der Waals surface area (Å²) in [5.74, 6) is -0.307. The summed E-state index contributed by atoms with van der Waals surface area (Å²) < 4.78 is 27.6. The summed E-state index contributed by atoms with van der Waals surface area (Å²) in [6.45, 7) is 2.89. The molecule has 0 aliphatic rings. The molecule has 35 heavy (non-hydrogen) atoms. The zero-order chi connectivity index (χ0) is 24.8. The van der Waals surface area contributed by atoms with E-state index >= 15 is 0 Å². The Kier molecular flexibility index (Phi) is 7.43. The van der Waals surface area contributed by atoms with Crippen molar-refractivity contribution in [3.63, 3.8) is 0 Å². The fourth-order valence-corrected chi connectivity index (χ4v) is 4.46. The second-order valence-electron chi connectivity index (χ2n) is 8.40. The third-order valence-corrected chi connectivity index (χ3v) is 7.00. The molecule has 0 saturated carbocycles. The molecule has 0 atom stereocenters. The van der Waals surface area contributed by atoms with Gasteiger partial charge in [0, 0.05) is 18.3 Å². The number of amides is 1. The zero-order valence-corrected chi connectivity index (χ0v) is 20.5. The second-order valence-corrected chi connectivity index (χ2v) is 10.3. The molecule has 4 rings (SSSR count). The number of hydrogen-bond donors (Lipinski definition) is 2. The smallest absolute Gasteiger partial charge is 0.255 e. The number of nitrogens with one attached hydrogen (secondary N) is 2. The minimum Gasteiger partial charge on any atom is -0.348 e. The average Bonchev–Trinajstić information content (AvgIpc) is 3.28. The Hall–Kier alpha value is -3.75. The standard InChI is InChI=1S/C27H28N4O3S/c1-20-8-14-24(15-9-20)26-25(18-31(30-26)17-22-6-4-3-5-7-22)27(32)29-16-21-10-12-23(13-11-21)19-35(33,34)28-2/h3-15,18,28H,16-17,19H2,1-2H3,(H,29,32). The molecule has 0 unspecified atom stereocenters. The van der Waals surface area contributed by atoms with Crippen LogP contribution in [0.4, 0.5) is 0 Å². The first-order chi connectivity index (χ1) is 16.8. The molecule has 1 aromatic heterocycles. The van der Waals surface area contributed by atoms with E-state index in [1.807, 2.05) is 73.7 Å². The number of rotatable bonds is 9. The molecule has 1 heterocycles. The Balaban J connectivity index is 1.52. The van der Waals surface area contributed by atoms with E-state index < -0.39 is 10.0 Å². The quantitative estimate of drug-likeness (QED) is 0.374. The maximum Gasteiger partial charge on any atom is 0.255 e.